The van der Waals surface area contributed by atoms with Crippen LogP contribution in [0.15, 0.2) is 18.3 Å². The van der Waals surface area contributed by atoms with Gasteiger partial charge in [-0.25, -0.2) is 0 Å². The summed E-state index contributed by atoms with van der Waals surface area (Å²) in [6, 6.07) is 3.08. The van der Waals surface area contributed by atoms with Gasteiger partial charge in [0, 0.05) is 29.6 Å². The van der Waals surface area contributed by atoms with Gasteiger partial charge in [0.15, 0.2) is 0 Å². The number of hydrogen-bond donors (Lipinski definition) is 2. The van der Waals surface area contributed by atoms with Gasteiger partial charge in [0.05, 0.1) is 0 Å². The lowest BCUT2D eigenvalue weighted by molar-refractivity contribution is 0.0930. The molecule has 94 valence electrons. The van der Waals surface area contributed by atoms with Crippen molar-refractivity contribution in [2.75, 3.05) is 18.6 Å². The second-order valence-corrected chi connectivity index (χ2v) is 4.84. The number of aliphatic hydroxyl groups is 1. The molecule has 0 radical (unpaired) electrons. The molecule has 0 saturated heterocycles. The molecular weight excluding hydrogens is 260 g/mol. The summed E-state index contributed by atoms with van der Waals surface area (Å²) in [5, 5.41) is 12.2. The maximum Gasteiger partial charge on any atom is 0.270 e. The molecule has 1 atom stereocenters. The number of carbonyl (C=O) groups excluding carboxylic acids is 1. The van der Waals surface area contributed by atoms with Crippen molar-refractivity contribution in [3.05, 3.63) is 29.0 Å². The minimum atomic E-state index is -0.264. The Morgan fingerprint density at radius 1 is 1.71 bits per heavy atom. The summed E-state index contributed by atoms with van der Waals surface area (Å²) >= 11 is 7.40. The van der Waals surface area contributed by atoms with Crippen LogP contribution in [0, 0.1) is 0 Å². The van der Waals surface area contributed by atoms with E-state index >= 15 is 0 Å². The third-order valence-corrected chi connectivity index (χ3v) is 3.11. The predicted octanol–water partition coefficient (Wildman–Crippen LogP) is 1.58. The first-order valence-electron chi connectivity index (χ1n) is 5.19. The SMILES string of the molecule is CSCC(CCO)NC(=O)c1cc(Cl)ccn1. The fraction of sp³-hybridized carbons (Fsp3) is 0.455. The molecule has 1 amide bonds. The van der Waals surface area contributed by atoms with Crippen molar-refractivity contribution < 1.29 is 9.90 Å². The minimum Gasteiger partial charge on any atom is -0.396 e. The van der Waals surface area contributed by atoms with Gasteiger partial charge in [-0.2, -0.15) is 11.8 Å². The van der Waals surface area contributed by atoms with Crippen LogP contribution in [-0.2, 0) is 0 Å². The Hall–Kier alpha value is -0.780. The number of rotatable bonds is 6. The summed E-state index contributed by atoms with van der Waals surface area (Å²) in [5.74, 6) is 0.493. The molecule has 1 rings (SSSR count). The molecule has 0 fully saturated rings. The van der Waals surface area contributed by atoms with Crippen LogP contribution in [-0.4, -0.2) is 40.7 Å². The number of pyridine rings is 1. The van der Waals surface area contributed by atoms with Crippen molar-refractivity contribution in [2.24, 2.45) is 0 Å². The minimum absolute atomic E-state index is 0.0501. The molecule has 0 aromatic carbocycles. The van der Waals surface area contributed by atoms with E-state index < -0.39 is 0 Å². The lowest BCUT2D eigenvalue weighted by Crippen LogP contribution is -2.37. The van der Waals surface area contributed by atoms with Crippen molar-refractivity contribution >= 4 is 29.3 Å². The highest BCUT2D eigenvalue weighted by Crippen LogP contribution is 2.09. The third kappa shape index (κ3) is 4.93. The van der Waals surface area contributed by atoms with Crippen LogP contribution in [0.5, 0.6) is 0 Å². The number of thioether (sulfide) groups is 1. The van der Waals surface area contributed by atoms with Crippen molar-refractivity contribution in [1.29, 1.82) is 0 Å². The van der Waals surface area contributed by atoms with Gasteiger partial charge < -0.3 is 10.4 Å². The fourth-order valence-electron chi connectivity index (χ4n) is 1.34. The molecule has 1 heterocycles. The highest BCUT2D eigenvalue weighted by Gasteiger charge is 2.14. The summed E-state index contributed by atoms with van der Waals surface area (Å²) in [4.78, 5) is 15.8. The van der Waals surface area contributed by atoms with Gasteiger partial charge in [0.25, 0.3) is 5.91 Å². The number of carbonyl (C=O) groups is 1. The number of nitrogens with one attached hydrogen (secondary N) is 1. The van der Waals surface area contributed by atoms with Crippen LogP contribution in [0.4, 0.5) is 0 Å². The first-order valence-corrected chi connectivity index (χ1v) is 6.96. The quantitative estimate of drug-likeness (QED) is 0.827. The van der Waals surface area contributed by atoms with E-state index in [9.17, 15) is 4.79 Å². The van der Waals surface area contributed by atoms with E-state index in [-0.39, 0.29) is 18.6 Å². The van der Waals surface area contributed by atoms with Crippen LogP contribution >= 0.6 is 23.4 Å². The topological polar surface area (TPSA) is 62.2 Å². The van der Waals surface area contributed by atoms with Gasteiger partial charge in [0.2, 0.25) is 0 Å². The zero-order valence-corrected chi connectivity index (χ0v) is 11.1. The number of aromatic nitrogens is 1. The van der Waals surface area contributed by atoms with E-state index in [0.29, 0.717) is 17.1 Å². The van der Waals surface area contributed by atoms with Crippen LogP contribution < -0.4 is 5.32 Å². The largest absolute Gasteiger partial charge is 0.396 e. The highest BCUT2D eigenvalue weighted by molar-refractivity contribution is 7.98. The molecule has 1 unspecified atom stereocenters. The molecule has 0 saturated carbocycles. The van der Waals surface area contributed by atoms with Gasteiger partial charge in [0.1, 0.15) is 5.69 Å². The van der Waals surface area contributed by atoms with Crippen molar-refractivity contribution in [3.8, 4) is 0 Å². The lowest BCUT2D eigenvalue weighted by atomic mass is 10.2. The summed E-state index contributed by atoms with van der Waals surface area (Å²) < 4.78 is 0. The van der Waals surface area contributed by atoms with Gasteiger partial charge >= 0.3 is 0 Å². The Morgan fingerprint density at radius 2 is 2.47 bits per heavy atom. The summed E-state index contributed by atoms with van der Waals surface area (Å²) in [6.07, 6.45) is 3.98. The number of halogens is 1. The average molecular weight is 275 g/mol. The van der Waals surface area contributed by atoms with Gasteiger partial charge in [-0.05, 0) is 24.8 Å². The first kappa shape index (κ1) is 14.3. The molecule has 2 N–H and O–H groups in total. The zero-order valence-electron chi connectivity index (χ0n) is 9.52. The lowest BCUT2D eigenvalue weighted by Gasteiger charge is -2.16. The number of hydrogen-bond acceptors (Lipinski definition) is 4. The van der Waals surface area contributed by atoms with E-state index in [1.165, 1.54) is 12.3 Å². The second kappa shape index (κ2) is 7.53. The molecule has 0 aliphatic carbocycles. The Labute approximate surface area is 110 Å². The average Bonchev–Trinajstić information content (AvgIpc) is 2.29. The maximum atomic E-state index is 11.8. The number of aliphatic hydroxyl groups excluding tert-OH is 1. The molecule has 6 heteroatoms. The fourth-order valence-corrected chi connectivity index (χ4v) is 2.15. The first-order chi connectivity index (χ1) is 8.17. The van der Waals surface area contributed by atoms with Crippen LogP contribution in [0.1, 0.15) is 16.9 Å². The molecule has 17 heavy (non-hydrogen) atoms. The van der Waals surface area contributed by atoms with Crippen molar-refractivity contribution in [1.82, 2.24) is 10.3 Å². The monoisotopic (exact) mass is 274 g/mol. The molecule has 0 bridgehead atoms. The van der Waals surface area contributed by atoms with Crippen LogP contribution in [0.2, 0.25) is 5.02 Å². The molecule has 4 nitrogen and oxygen atoms in total. The van der Waals surface area contributed by atoms with E-state index in [2.05, 4.69) is 10.3 Å². The number of amides is 1. The van der Waals surface area contributed by atoms with Gasteiger partial charge in [-0.15, -0.1) is 0 Å². The van der Waals surface area contributed by atoms with E-state index in [0.717, 1.165) is 5.75 Å². The standard InChI is InChI=1S/C11H15ClN2O2S/c1-17-7-9(3-5-15)14-11(16)10-6-8(12)2-4-13-10/h2,4,6,9,15H,3,5,7H2,1H3,(H,14,16). The second-order valence-electron chi connectivity index (χ2n) is 3.50. The Bertz CT molecular complexity index is 370. The maximum absolute atomic E-state index is 11.8. The number of nitrogens with zero attached hydrogens (tertiary/aromatic N) is 1. The van der Waals surface area contributed by atoms with E-state index in [1.807, 2.05) is 6.26 Å². The molecule has 1 aromatic heterocycles. The molecule has 0 aliphatic heterocycles. The van der Waals surface area contributed by atoms with Crippen molar-refractivity contribution in [3.63, 3.8) is 0 Å². The zero-order chi connectivity index (χ0) is 12.7. The molecular formula is C11H15ClN2O2S. The Balaban J connectivity index is 2.63. The Morgan fingerprint density at radius 3 is 3.06 bits per heavy atom. The van der Waals surface area contributed by atoms with Gasteiger partial charge in [-0.3, -0.25) is 9.78 Å². The predicted molar refractivity (Wildman–Crippen MR) is 70.6 cm³/mol. The van der Waals surface area contributed by atoms with Crippen LogP contribution in [0.3, 0.4) is 0 Å². The normalized spacial score (nSPS) is 12.2. The molecule has 0 spiro atoms. The summed E-state index contributed by atoms with van der Waals surface area (Å²) in [7, 11) is 0. The summed E-state index contributed by atoms with van der Waals surface area (Å²) in [5.41, 5.74) is 0.293. The van der Waals surface area contributed by atoms with E-state index in [4.69, 9.17) is 16.7 Å². The van der Waals surface area contributed by atoms with E-state index in [1.54, 1.807) is 17.8 Å². The molecule has 0 aliphatic rings. The smallest absolute Gasteiger partial charge is 0.270 e. The summed E-state index contributed by atoms with van der Waals surface area (Å²) in [6.45, 7) is 0.0501. The highest BCUT2D eigenvalue weighted by atomic mass is 35.5. The van der Waals surface area contributed by atoms with Crippen LogP contribution in [0.25, 0.3) is 0 Å². The Kier molecular flexibility index (Phi) is 6.32. The van der Waals surface area contributed by atoms with Crippen molar-refractivity contribution in [2.45, 2.75) is 12.5 Å². The van der Waals surface area contributed by atoms with Gasteiger partial charge in [-0.1, -0.05) is 11.6 Å². The molecule has 1 aromatic rings. The third-order valence-electron chi connectivity index (χ3n) is 2.14.